The van der Waals surface area contributed by atoms with Crippen molar-refractivity contribution in [1.82, 2.24) is 5.32 Å². The van der Waals surface area contributed by atoms with Gasteiger partial charge in [0.1, 0.15) is 6.04 Å². The first-order valence-corrected chi connectivity index (χ1v) is 7.27. The fourth-order valence-electron chi connectivity index (χ4n) is 2.52. The molecule has 0 saturated carbocycles. The lowest BCUT2D eigenvalue weighted by atomic mass is 9.95. The van der Waals surface area contributed by atoms with Crippen LogP contribution in [0.1, 0.15) is 37.5 Å². The number of amides is 1. The van der Waals surface area contributed by atoms with Gasteiger partial charge in [0.2, 0.25) is 0 Å². The van der Waals surface area contributed by atoms with E-state index in [0.29, 0.717) is 13.0 Å². The second-order valence-corrected chi connectivity index (χ2v) is 5.41. The van der Waals surface area contributed by atoms with Gasteiger partial charge in [-0.05, 0) is 23.5 Å². The topological polar surface area (TPSA) is 75.6 Å². The Labute approximate surface area is 124 Å². The number of fused-ring (bicyclic) bond motifs is 1. The second-order valence-electron chi connectivity index (χ2n) is 5.41. The standard InChI is InChI=1S/C16H21NO4/c1-3-10(2)13(16(19)20)17-15(18)14-12-7-5-4-6-11(12)8-9-21-14/h4-7,10,13-14H,3,8-9H2,1-2H3,(H,17,18)(H,19,20)/t10?,13-,14?/m0/s1. The number of hydrogen-bond acceptors (Lipinski definition) is 3. The normalized spacial score (nSPS) is 20.2. The van der Waals surface area contributed by atoms with E-state index in [-0.39, 0.29) is 11.8 Å². The fourth-order valence-corrected chi connectivity index (χ4v) is 2.52. The van der Waals surface area contributed by atoms with Crippen LogP contribution in [-0.2, 0) is 20.7 Å². The van der Waals surface area contributed by atoms with Crippen molar-refractivity contribution in [2.45, 2.75) is 38.8 Å². The van der Waals surface area contributed by atoms with Gasteiger partial charge in [0.15, 0.2) is 6.10 Å². The molecule has 0 fully saturated rings. The minimum atomic E-state index is -1.01. The highest BCUT2D eigenvalue weighted by Crippen LogP contribution is 2.27. The van der Waals surface area contributed by atoms with Gasteiger partial charge in [0.05, 0.1) is 6.61 Å². The molecule has 5 nitrogen and oxygen atoms in total. The Morgan fingerprint density at radius 1 is 1.43 bits per heavy atom. The molecule has 2 unspecified atom stereocenters. The van der Waals surface area contributed by atoms with Gasteiger partial charge in [-0.15, -0.1) is 0 Å². The van der Waals surface area contributed by atoms with E-state index in [4.69, 9.17) is 4.74 Å². The van der Waals surface area contributed by atoms with Crippen LogP contribution in [-0.4, -0.2) is 29.6 Å². The highest BCUT2D eigenvalue weighted by Gasteiger charge is 2.32. The zero-order valence-corrected chi connectivity index (χ0v) is 12.3. The number of carbonyl (C=O) groups is 2. The van der Waals surface area contributed by atoms with Crippen molar-refractivity contribution in [3.05, 3.63) is 35.4 Å². The summed E-state index contributed by atoms with van der Waals surface area (Å²) in [4.78, 5) is 23.7. The van der Waals surface area contributed by atoms with Crippen LogP contribution >= 0.6 is 0 Å². The molecule has 1 heterocycles. The third-order valence-corrected chi connectivity index (χ3v) is 4.01. The van der Waals surface area contributed by atoms with Crippen LogP contribution in [0.5, 0.6) is 0 Å². The van der Waals surface area contributed by atoms with Gasteiger partial charge >= 0.3 is 5.97 Å². The lowest BCUT2D eigenvalue weighted by Gasteiger charge is -2.27. The Kier molecular flexibility index (Phi) is 4.96. The van der Waals surface area contributed by atoms with Crippen LogP contribution in [0.2, 0.25) is 0 Å². The zero-order valence-electron chi connectivity index (χ0n) is 12.3. The number of nitrogens with one attached hydrogen (secondary N) is 1. The summed E-state index contributed by atoms with van der Waals surface area (Å²) in [6.07, 6.45) is 0.730. The van der Waals surface area contributed by atoms with E-state index < -0.39 is 18.1 Å². The van der Waals surface area contributed by atoms with Crippen molar-refractivity contribution in [3.8, 4) is 0 Å². The highest BCUT2D eigenvalue weighted by molar-refractivity contribution is 5.87. The zero-order chi connectivity index (χ0) is 15.4. The number of ether oxygens (including phenoxy) is 1. The summed E-state index contributed by atoms with van der Waals surface area (Å²) in [6, 6.07) is 6.73. The quantitative estimate of drug-likeness (QED) is 0.869. The Morgan fingerprint density at radius 2 is 2.14 bits per heavy atom. The Balaban J connectivity index is 2.15. The predicted octanol–water partition coefficient (Wildman–Crippen LogP) is 1.92. The van der Waals surface area contributed by atoms with Gasteiger partial charge in [0.25, 0.3) is 5.91 Å². The Bertz CT molecular complexity index is 529. The number of aliphatic carboxylic acids is 1. The lowest BCUT2D eigenvalue weighted by molar-refractivity contribution is -0.146. The highest BCUT2D eigenvalue weighted by atomic mass is 16.5. The van der Waals surface area contributed by atoms with Gasteiger partial charge in [-0.25, -0.2) is 4.79 Å². The van der Waals surface area contributed by atoms with Crippen LogP contribution in [0.3, 0.4) is 0 Å². The molecule has 1 aromatic rings. The number of carboxylic acid groups (broad SMARTS) is 1. The van der Waals surface area contributed by atoms with Crippen LogP contribution < -0.4 is 5.32 Å². The van der Waals surface area contributed by atoms with E-state index in [1.165, 1.54) is 0 Å². The van der Waals surface area contributed by atoms with Crippen molar-refractivity contribution in [2.75, 3.05) is 6.61 Å². The first-order valence-electron chi connectivity index (χ1n) is 7.27. The smallest absolute Gasteiger partial charge is 0.326 e. The minimum Gasteiger partial charge on any atom is -0.480 e. The average Bonchev–Trinajstić information content (AvgIpc) is 2.50. The molecule has 21 heavy (non-hydrogen) atoms. The maximum Gasteiger partial charge on any atom is 0.326 e. The third-order valence-electron chi connectivity index (χ3n) is 4.01. The molecule has 0 radical (unpaired) electrons. The second kappa shape index (κ2) is 6.72. The van der Waals surface area contributed by atoms with Gasteiger partial charge < -0.3 is 15.2 Å². The average molecular weight is 291 g/mol. The molecule has 1 amide bonds. The Morgan fingerprint density at radius 3 is 2.81 bits per heavy atom. The van der Waals surface area contributed by atoms with Crippen LogP contribution in [0.15, 0.2) is 24.3 Å². The number of benzene rings is 1. The molecule has 1 aliphatic heterocycles. The molecule has 3 atom stereocenters. The molecule has 0 aliphatic carbocycles. The first-order chi connectivity index (χ1) is 10.0. The van der Waals surface area contributed by atoms with Crippen LogP contribution in [0.4, 0.5) is 0 Å². The van der Waals surface area contributed by atoms with E-state index in [1.807, 2.05) is 38.1 Å². The summed E-state index contributed by atoms with van der Waals surface area (Å²) >= 11 is 0. The van der Waals surface area contributed by atoms with E-state index in [1.54, 1.807) is 0 Å². The summed E-state index contributed by atoms with van der Waals surface area (Å²) in [5.41, 5.74) is 1.91. The van der Waals surface area contributed by atoms with Crippen molar-refractivity contribution >= 4 is 11.9 Å². The van der Waals surface area contributed by atoms with Crippen molar-refractivity contribution in [2.24, 2.45) is 5.92 Å². The van der Waals surface area contributed by atoms with Crippen LogP contribution in [0, 0.1) is 5.92 Å². The molecule has 5 heteroatoms. The molecular formula is C16H21NO4. The Hall–Kier alpha value is -1.88. The lowest BCUT2D eigenvalue weighted by Crippen LogP contribution is -2.47. The van der Waals surface area contributed by atoms with E-state index >= 15 is 0 Å². The molecule has 0 spiro atoms. The molecule has 1 aliphatic rings. The monoisotopic (exact) mass is 291 g/mol. The van der Waals surface area contributed by atoms with Crippen molar-refractivity contribution < 1.29 is 19.4 Å². The van der Waals surface area contributed by atoms with E-state index in [0.717, 1.165) is 17.5 Å². The SMILES string of the molecule is CCC(C)[C@H](NC(=O)C1OCCc2ccccc21)C(=O)O. The van der Waals surface area contributed by atoms with Crippen LogP contribution in [0.25, 0.3) is 0 Å². The number of carboxylic acids is 1. The maximum absolute atomic E-state index is 12.4. The van der Waals surface area contributed by atoms with Crippen molar-refractivity contribution in [3.63, 3.8) is 0 Å². The van der Waals surface area contributed by atoms with Gasteiger partial charge in [-0.3, -0.25) is 4.79 Å². The molecule has 1 aromatic carbocycles. The summed E-state index contributed by atoms with van der Waals surface area (Å²) in [5.74, 6) is -1.53. The predicted molar refractivity (Wildman–Crippen MR) is 77.9 cm³/mol. The van der Waals surface area contributed by atoms with E-state index in [9.17, 15) is 14.7 Å². The summed E-state index contributed by atoms with van der Waals surface area (Å²) < 4.78 is 5.56. The van der Waals surface area contributed by atoms with Gasteiger partial charge in [-0.1, -0.05) is 44.5 Å². The number of carbonyl (C=O) groups excluding carboxylic acids is 1. The number of rotatable bonds is 5. The third kappa shape index (κ3) is 3.42. The number of hydrogen-bond donors (Lipinski definition) is 2. The minimum absolute atomic E-state index is 0.134. The summed E-state index contributed by atoms with van der Waals surface area (Å²) in [5, 5.41) is 11.9. The first kappa shape index (κ1) is 15.5. The molecule has 0 aromatic heterocycles. The largest absolute Gasteiger partial charge is 0.480 e. The molecule has 2 rings (SSSR count). The molecule has 0 bridgehead atoms. The van der Waals surface area contributed by atoms with Gasteiger partial charge in [0, 0.05) is 0 Å². The summed E-state index contributed by atoms with van der Waals surface area (Å²) in [6.45, 7) is 4.18. The van der Waals surface area contributed by atoms with E-state index in [2.05, 4.69) is 5.32 Å². The molecule has 0 saturated heterocycles. The summed E-state index contributed by atoms with van der Waals surface area (Å²) in [7, 11) is 0. The molecule has 2 N–H and O–H groups in total. The molecular weight excluding hydrogens is 270 g/mol. The van der Waals surface area contributed by atoms with Gasteiger partial charge in [-0.2, -0.15) is 0 Å². The molecule has 114 valence electrons. The fraction of sp³-hybridized carbons (Fsp3) is 0.500. The van der Waals surface area contributed by atoms with Crippen molar-refractivity contribution in [1.29, 1.82) is 0 Å². The maximum atomic E-state index is 12.4.